The number of pyridine rings is 1. The maximum Gasteiger partial charge on any atom is 0.155 e. The van der Waals surface area contributed by atoms with E-state index < -0.39 is 0 Å². The Balaban J connectivity index is 0.000000423. The molecule has 1 radical (unpaired) electrons. The van der Waals surface area contributed by atoms with Crippen LogP contribution < -0.4 is 0 Å². The molecule has 0 spiro atoms. The molecule has 0 aliphatic carbocycles. The molecule has 0 atom stereocenters. The maximum absolute atomic E-state index is 10.0. The van der Waals surface area contributed by atoms with Crippen LogP contribution >= 0.6 is 11.3 Å². The van der Waals surface area contributed by atoms with Crippen LogP contribution in [0.2, 0.25) is 0 Å². The molecule has 0 aliphatic rings. The Kier molecular flexibility index (Phi) is 9.30. The number of aliphatic hydroxyl groups excluding tert-OH is 1. The van der Waals surface area contributed by atoms with Crippen LogP contribution in [0.25, 0.3) is 31.9 Å². The molecule has 0 amide bonds. The first-order valence-corrected chi connectivity index (χ1v) is 11.3. The topological polar surface area (TPSA) is 50.2 Å². The number of allylic oxidation sites excluding steroid dienone is 2. The molecule has 2 heterocycles. The molecule has 0 bridgehead atoms. The Labute approximate surface area is 213 Å². The van der Waals surface area contributed by atoms with Gasteiger partial charge in [-0.2, -0.15) is 0 Å². The second-order valence-electron chi connectivity index (χ2n) is 8.11. The molecule has 1 N–H and O–H groups in total. The van der Waals surface area contributed by atoms with Crippen LogP contribution in [0.4, 0.5) is 0 Å². The van der Waals surface area contributed by atoms with Crippen LogP contribution in [0.15, 0.2) is 60.4 Å². The minimum atomic E-state index is -0.125. The maximum atomic E-state index is 10.0. The Morgan fingerprint density at radius 1 is 1.00 bits per heavy atom. The van der Waals surface area contributed by atoms with Gasteiger partial charge in [0.1, 0.15) is 0 Å². The van der Waals surface area contributed by atoms with Crippen molar-refractivity contribution in [2.75, 3.05) is 0 Å². The number of thiophene rings is 1. The molecule has 5 heteroatoms. The van der Waals surface area contributed by atoms with Gasteiger partial charge in [-0.05, 0) is 62.2 Å². The first-order valence-electron chi connectivity index (χ1n) is 10.5. The molecule has 0 fully saturated rings. The summed E-state index contributed by atoms with van der Waals surface area (Å²) in [4.78, 5) is 16.2. The monoisotopic (exact) mass is 635 g/mol. The average Bonchev–Trinajstić information content (AvgIpc) is 3.09. The van der Waals surface area contributed by atoms with Crippen LogP contribution in [0.1, 0.15) is 36.1 Å². The van der Waals surface area contributed by atoms with Crippen molar-refractivity contribution >= 4 is 27.3 Å². The van der Waals surface area contributed by atoms with E-state index in [4.69, 9.17) is 10.1 Å². The Bertz CT molecular complexity index is 1280. The Morgan fingerprint density at radius 2 is 1.67 bits per heavy atom. The van der Waals surface area contributed by atoms with Crippen molar-refractivity contribution in [3.05, 3.63) is 88.7 Å². The minimum absolute atomic E-state index is 0. The molecule has 2 aromatic carbocycles. The van der Waals surface area contributed by atoms with E-state index in [2.05, 4.69) is 82.3 Å². The van der Waals surface area contributed by atoms with Crippen molar-refractivity contribution in [2.45, 2.75) is 41.5 Å². The summed E-state index contributed by atoms with van der Waals surface area (Å²) >= 11 is 1.82. The number of aromatic nitrogens is 1. The fraction of sp³-hybridized carbons (Fsp3) is 0.214. The van der Waals surface area contributed by atoms with Gasteiger partial charge < -0.3 is 5.11 Å². The van der Waals surface area contributed by atoms with Gasteiger partial charge in [0, 0.05) is 31.1 Å². The van der Waals surface area contributed by atoms with E-state index in [0.717, 1.165) is 22.3 Å². The number of fused-ring (bicyclic) bond motifs is 1. The third-order valence-electron chi connectivity index (χ3n) is 4.94. The second-order valence-corrected chi connectivity index (χ2v) is 9.19. The van der Waals surface area contributed by atoms with Crippen molar-refractivity contribution in [1.29, 1.82) is 0 Å². The fourth-order valence-electron chi connectivity index (χ4n) is 3.73. The number of carbonyl (C=O) groups is 1. The molecule has 0 saturated heterocycles. The zero-order valence-electron chi connectivity index (χ0n) is 19.7. The smallest absolute Gasteiger partial charge is 0.155 e. The standard InChI is InChI=1S/C23H20NS.C5H8O2.Ir/c1-14-10-15(2)12-18(11-14)19-8-9-21-20(24-19)13-22(25-21)23-16(3)6-5-7-17(23)4;1-4(6)3-5(2)7;/h5-11,13H,1-4H3;3,6H,1-2H3;/q-1;;/b;4-3-;. The molecule has 33 heavy (non-hydrogen) atoms. The van der Waals surface area contributed by atoms with Crippen molar-refractivity contribution in [3.8, 4) is 21.7 Å². The van der Waals surface area contributed by atoms with E-state index in [-0.39, 0.29) is 31.6 Å². The van der Waals surface area contributed by atoms with Crippen molar-refractivity contribution in [2.24, 2.45) is 0 Å². The molecular formula is C28H28IrNO2S-. The summed E-state index contributed by atoms with van der Waals surface area (Å²) in [6.45, 7) is 11.4. The number of rotatable bonds is 3. The van der Waals surface area contributed by atoms with Gasteiger partial charge in [0.15, 0.2) is 5.78 Å². The van der Waals surface area contributed by atoms with Crippen LogP contribution in [-0.2, 0) is 24.9 Å². The largest absolute Gasteiger partial charge is 0.512 e. The van der Waals surface area contributed by atoms with E-state index in [0.29, 0.717) is 0 Å². The predicted octanol–water partition coefficient (Wildman–Crippen LogP) is 7.70. The normalized spacial score (nSPS) is 10.9. The first kappa shape index (κ1) is 26.7. The Hall–Kier alpha value is -2.59. The number of aryl methyl sites for hydroxylation is 4. The quantitative estimate of drug-likeness (QED) is 0.143. The molecule has 0 unspecified atom stereocenters. The third kappa shape index (κ3) is 6.94. The van der Waals surface area contributed by atoms with Crippen LogP contribution in [0.3, 0.4) is 0 Å². The van der Waals surface area contributed by atoms with Gasteiger partial charge in [0.05, 0.1) is 16.0 Å². The molecule has 3 nitrogen and oxygen atoms in total. The summed E-state index contributed by atoms with van der Waals surface area (Å²) < 4.78 is 1.23. The van der Waals surface area contributed by atoms with E-state index in [1.54, 1.807) is 0 Å². The SMILES string of the molecule is CC(=O)/C=C(/C)O.Cc1[c-]c(-c2ccc3sc(-c4c(C)cccc4C)cc3n2)cc(C)c1.[Ir]. The van der Waals surface area contributed by atoms with Crippen molar-refractivity contribution in [3.63, 3.8) is 0 Å². The number of nitrogens with zero attached hydrogens (tertiary/aromatic N) is 1. The molecule has 4 rings (SSSR count). The van der Waals surface area contributed by atoms with E-state index in [1.807, 2.05) is 11.3 Å². The zero-order chi connectivity index (χ0) is 23.4. The van der Waals surface area contributed by atoms with Crippen LogP contribution in [-0.4, -0.2) is 15.9 Å². The summed E-state index contributed by atoms with van der Waals surface area (Å²) in [6.07, 6.45) is 1.17. The summed E-state index contributed by atoms with van der Waals surface area (Å²) in [5, 5.41) is 8.36. The van der Waals surface area contributed by atoms with Crippen molar-refractivity contribution < 1.29 is 30.0 Å². The van der Waals surface area contributed by atoms with E-state index >= 15 is 0 Å². The molecule has 0 saturated carbocycles. The van der Waals surface area contributed by atoms with E-state index in [1.165, 1.54) is 51.8 Å². The number of carbonyl (C=O) groups excluding carboxylic acids is 1. The summed E-state index contributed by atoms with van der Waals surface area (Å²) in [5.41, 5.74) is 9.49. The summed E-state index contributed by atoms with van der Waals surface area (Å²) in [7, 11) is 0. The second kappa shape index (κ2) is 11.5. The third-order valence-corrected chi connectivity index (χ3v) is 6.04. The van der Waals surface area contributed by atoms with Gasteiger partial charge in [-0.15, -0.1) is 46.2 Å². The zero-order valence-corrected chi connectivity index (χ0v) is 23.0. The van der Waals surface area contributed by atoms with Gasteiger partial charge in [0.2, 0.25) is 0 Å². The fourth-order valence-corrected chi connectivity index (χ4v) is 4.90. The number of aliphatic hydroxyl groups is 1. The number of hydrogen-bond donors (Lipinski definition) is 1. The van der Waals surface area contributed by atoms with Gasteiger partial charge in [-0.25, -0.2) is 0 Å². The average molecular weight is 635 g/mol. The molecular weight excluding hydrogens is 607 g/mol. The van der Waals surface area contributed by atoms with Gasteiger partial charge in [-0.1, -0.05) is 38.1 Å². The van der Waals surface area contributed by atoms with Crippen molar-refractivity contribution in [1.82, 2.24) is 4.98 Å². The molecule has 0 aliphatic heterocycles. The minimum Gasteiger partial charge on any atom is -0.512 e. The van der Waals surface area contributed by atoms with E-state index in [9.17, 15) is 4.79 Å². The predicted molar refractivity (Wildman–Crippen MR) is 135 cm³/mol. The number of ketones is 1. The summed E-state index contributed by atoms with van der Waals surface area (Å²) in [6, 6.07) is 20.7. The molecule has 4 aromatic rings. The number of benzene rings is 2. The van der Waals surface area contributed by atoms with Crippen LogP contribution in [0, 0.1) is 33.8 Å². The van der Waals surface area contributed by atoms with Gasteiger partial charge in [0.25, 0.3) is 0 Å². The molecule has 2 aromatic heterocycles. The Morgan fingerprint density at radius 3 is 2.21 bits per heavy atom. The van der Waals surface area contributed by atoms with Crippen LogP contribution in [0.5, 0.6) is 0 Å². The number of hydrogen-bond acceptors (Lipinski definition) is 4. The van der Waals surface area contributed by atoms with Gasteiger partial charge in [-0.3, -0.25) is 9.78 Å². The summed E-state index contributed by atoms with van der Waals surface area (Å²) in [5.74, 6) is -0.0625. The molecule has 173 valence electrons. The van der Waals surface area contributed by atoms with Gasteiger partial charge >= 0.3 is 0 Å². The first-order chi connectivity index (χ1) is 15.1.